The van der Waals surface area contributed by atoms with Gasteiger partial charge in [0, 0.05) is 18.5 Å². The van der Waals surface area contributed by atoms with Crippen LogP contribution in [0.2, 0.25) is 0 Å². The fraction of sp³-hybridized carbons (Fsp3) is 0.826. The van der Waals surface area contributed by atoms with Crippen LogP contribution in [-0.2, 0) is 9.53 Å². The molecular formula is C23H48N2O3. The molecule has 0 radical (unpaired) electrons. The molecular weight excluding hydrogens is 352 g/mol. The number of hydrogen-bond donors (Lipinski definition) is 2. The highest BCUT2D eigenvalue weighted by Crippen LogP contribution is 2.15. The summed E-state index contributed by atoms with van der Waals surface area (Å²) in [6.07, 6.45) is 9.64. The van der Waals surface area contributed by atoms with Gasteiger partial charge in [0.15, 0.2) is 0 Å². The van der Waals surface area contributed by atoms with Crippen LogP contribution in [-0.4, -0.2) is 31.2 Å². The molecule has 0 aromatic carbocycles. The van der Waals surface area contributed by atoms with E-state index in [1.807, 2.05) is 62.3 Å². The number of amides is 2. The molecule has 28 heavy (non-hydrogen) atoms. The van der Waals surface area contributed by atoms with Gasteiger partial charge in [-0.1, -0.05) is 74.5 Å². The Hall–Kier alpha value is -1.52. The minimum absolute atomic E-state index is 0.0190. The van der Waals surface area contributed by atoms with Gasteiger partial charge >= 0.3 is 6.09 Å². The van der Waals surface area contributed by atoms with Gasteiger partial charge in [0.25, 0.3) is 0 Å². The normalized spacial score (nSPS) is 16.7. The lowest BCUT2D eigenvalue weighted by molar-refractivity contribution is -0.128. The number of rotatable bonds is 5. The summed E-state index contributed by atoms with van der Waals surface area (Å²) in [4.78, 5) is 23.4. The number of alkyl carbamates (subject to hydrolysis) is 1. The lowest BCUT2D eigenvalue weighted by Gasteiger charge is -2.19. The first-order chi connectivity index (χ1) is 13.4. The quantitative estimate of drug-likeness (QED) is 0.424. The Morgan fingerprint density at radius 1 is 0.893 bits per heavy atom. The van der Waals surface area contributed by atoms with Crippen molar-refractivity contribution in [1.29, 1.82) is 0 Å². The summed E-state index contributed by atoms with van der Waals surface area (Å²) in [5.41, 5.74) is -0.376. The molecule has 1 atom stereocenters. The van der Waals surface area contributed by atoms with Crippen LogP contribution in [0, 0.1) is 5.41 Å². The molecule has 0 bridgehead atoms. The Bertz CT molecular complexity index is 388. The summed E-state index contributed by atoms with van der Waals surface area (Å²) in [6, 6.07) is 0. The summed E-state index contributed by atoms with van der Waals surface area (Å²) in [5.74, 6) is 0.0256. The van der Waals surface area contributed by atoms with Crippen molar-refractivity contribution in [3.05, 3.63) is 12.2 Å². The Morgan fingerprint density at radius 2 is 1.43 bits per heavy atom. The zero-order chi connectivity index (χ0) is 22.4. The smallest absolute Gasteiger partial charge is 0.407 e. The Balaban J connectivity index is -0.000000946. The average molecular weight is 401 g/mol. The number of hydrogen-bond acceptors (Lipinski definition) is 3. The maximum Gasteiger partial charge on any atom is 0.407 e. The summed E-state index contributed by atoms with van der Waals surface area (Å²) in [6.45, 7) is 18.7. The van der Waals surface area contributed by atoms with E-state index in [0.717, 1.165) is 32.1 Å². The summed E-state index contributed by atoms with van der Waals surface area (Å²) in [7, 11) is 0. The van der Waals surface area contributed by atoms with E-state index in [9.17, 15) is 9.59 Å². The van der Waals surface area contributed by atoms with E-state index < -0.39 is 0 Å². The fourth-order valence-corrected chi connectivity index (χ4v) is 2.18. The highest BCUT2D eigenvalue weighted by molar-refractivity contribution is 5.81. The Kier molecular flexibility index (Phi) is 24.3. The van der Waals surface area contributed by atoms with E-state index in [2.05, 4.69) is 22.8 Å². The molecule has 1 aliphatic carbocycles. The van der Waals surface area contributed by atoms with E-state index in [0.29, 0.717) is 19.5 Å². The maximum atomic E-state index is 11.7. The predicted octanol–water partition coefficient (Wildman–Crippen LogP) is 6.23. The SMILES string of the molecule is CC.CC.CC.CC(C)(C)C(=O)NCCCNC(=O)OC1CC/C=C/CCC1. The molecule has 5 nitrogen and oxygen atoms in total. The monoisotopic (exact) mass is 400 g/mol. The van der Waals surface area contributed by atoms with Gasteiger partial charge in [0.05, 0.1) is 0 Å². The Labute approximate surface area is 175 Å². The van der Waals surface area contributed by atoms with Crippen molar-refractivity contribution >= 4 is 12.0 Å². The summed E-state index contributed by atoms with van der Waals surface area (Å²) >= 11 is 0. The second-order valence-corrected chi connectivity index (χ2v) is 6.79. The molecule has 0 heterocycles. The first kappa shape index (κ1) is 31.2. The first-order valence-corrected chi connectivity index (χ1v) is 11.3. The molecule has 168 valence electrons. The third-order valence-electron chi connectivity index (χ3n) is 3.58. The third-order valence-corrected chi connectivity index (χ3v) is 3.58. The van der Waals surface area contributed by atoms with Crippen molar-refractivity contribution in [3.63, 3.8) is 0 Å². The van der Waals surface area contributed by atoms with E-state index in [-0.39, 0.29) is 23.5 Å². The van der Waals surface area contributed by atoms with Crippen molar-refractivity contribution in [2.24, 2.45) is 5.41 Å². The maximum absolute atomic E-state index is 11.7. The van der Waals surface area contributed by atoms with Crippen LogP contribution in [0.4, 0.5) is 4.79 Å². The van der Waals surface area contributed by atoms with Gasteiger partial charge in [-0.2, -0.15) is 0 Å². The molecule has 1 unspecified atom stereocenters. The molecule has 0 fully saturated rings. The number of ether oxygens (including phenoxy) is 1. The number of allylic oxidation sites excluding steroid dienone is 2. The molecule has 0 aromatic rings. The van der Waals surface area contributed by atoms with Crippen LogP contribution in [0.5, 0.6) is 0 Å². The van der Waals surface area contributed by atoms with Crippen molar-refractivity contribution < 1.29 is 14.3 Å². The van der Waals surface area contributed by atoms with Crippen molar-refractivity contribution in [1.82, 2.24) is 10.6 Å². The molecule has 5 heteroatoms. The van der Waals surface area contributed by atoms with Crippen molar-refractivity contribution in [2.45, 2.75) is 107 Å². The lowest BCUT2D eigenvalue weighted by atomic mass is 9.96. The van der Waals surface area contributed by atoms with Crippen LogP contribution in [0.1, 0.15) is 101 Å². The van der Waals surface area contributed by atoms with Crippen LogP contribution in [0.15, 0.2) is 12.2 Å². The van der Waals surface area contributed by atoms with Crippen molar-refractivity contribution in [2.75, 3.05) is 13.1 Å². The van der Waals surface area contributed by atoms with Gasteiger partial charge in [-0.25, -0.2) is 4.79 Å². The van der Waals surface area contributed by atoms with Crippen LogP contribution in [0.3, 0.4) is 0 Å². The van der Waals surface area contributed by atoms with Gasteiger partial charge in [0.1, 0.15) is 6.10 Å². The topological polar surface area (TPSA) is 67.4 Å². The standard InChI is InChI=1S/C17H30N2O3.3C2H6/c1-17(2,3)15(20)18-12-9-13-19-16(21)22-14-10-7-5-4-6-8-11-14;3*1-2/h4-5,14H,6-13H2,1-3H3,(H,18,20)(H,19,21);3*1-2H3/b5-4+;;;. The van der Waals surface area contributed by atoms with E-state index in [4.69, 9.17) is 4.74 Å². The molecule has 1 aliphatic rings. The first-order valence-electron chi connectivity index (χ1n) is 11.3. The van der Waals surface area contributed by atoms with Crippen molar-refractivity contribution in [3.8, 4) is 0 Å². The molecule has 0 saturated heterocycles. The van der Waals surface area contributed by atoms with E-state index >= 15 is 0 Å². The number of carbonyl (C=O) groups is 2. The molecule has 0 saturated carbocycles. The molecule has 0 aliphatic heterocycles. The van der Waals surface area contributed by atoms with Crippen LogP contribution in [0.25, 0.3) is 0 Å². The van der Waals surface area contributed by atoms with E-state index in [1.165, 1.54) is 0 Å². The second-order valence-electron chi connectivity index (χ2n) is 6.79. The summed E-state index contributed by atoms with van der Waals surface area (Å²) in [5, 5.41) is 5.60. The molecule has 1 rings (SSSR count). The summed E-state index contributed by atoms with van der Waals surface area (Å²) < 4.78 is 5.44. The Morgan fingerprint density at radius 3 is 2.00 bits per heavy atom. The molecule has 2 amide bonds. The van der Waals surface area contributed by atoms with Gasteiger partial charge in [0.2, 0.25) is 5.91 Å². The number of carbonyl (C=O) groups excluding carboxylic acids is 2. The highest BCUT2D eigenvalue weighted by atomic mass is 16.6. The highest BCUT2D eigenvalue weighted by Gasteiger charge is 2.20. The third kappa shape index (κ3) is 19.2. The van der Waals surface area contributed by atoms with Gasteiger partial charge < -0.3 is 15.4 Å². The zero-order valence-corrected chi connectivity index (χ0v) is 20.1. The van der Waals surface area contributed by atoms with Gasteiger partial charge in [-0.3, -0.25) is 4.79 Å². The molecule has 0 aromatic heterocycles. The molecule has 0 spiro atoms. The number of nitrogens with one attached hydrogen (secondary N) is 2. The zero-order valence-electron chi connectivity index (χ0n) is 20.1. The predicted molar refractivity (Wildman–Crippen MR) is 122 cm³/mol. The second kappa shape index (κ2) is 21.8. The minimum atomic E-state index is -0.376. The average Bonchev–Trinajstić information content (AvgIpc) is 2.67. The van der Waals surface area contributed by atoms with Crippen LogP contribution < -0.4 is 10.6 Å². The molecule has 2 N–H and O–H groups in total. The largest absolute Gasteiger partial charge is 0.446 e. The minimum Gasteiger partial charge on any atom is -0.446 e. The lowest BCUT2D eigenvalue weighted by Crippen LogP contribution is -2.37. The van der Waals surface area contributed by atoms with Crippen LogP contribution >= 0.6 is 0 Å². The fourth-order valence-electron chi connectivity index (χ4n) is 2.18. The van der Waals surface area contributed by atoms with E-state index in [1.54, 1.807) is 0 Å². The van der Waals surface area contributed by atoms with Gasteiger partial charge in [-0.15, -0.1) is 0 Å². The van der Waals surface area contributed by atoms with Gasteiger partial charge in [-0.05, 0) is 38.5 Å².